The number of aryl methyl sites for hydroxylation is 1. The highest BCUT2D eigenvalue weighted by Crippen LogP contribution is 2.19. The molecule has 0 N–H and O–H groups in total. The molecule has 0 spiro atoms. The van der Waals surface area contributed by atoms with Gasteiger partial charge in [0.15, 0.2) is 5.82 Å². The second kappa shape index (κ2) is 3.30. The molecule has 2 aromatic rings. The standard InChI is InChI=1S/C13H12N2O/c1-9-7-15-8-11-5-3-2-4-10(11)6-12(16)13(15)14-9/h2-5,7H,6,8H2,1H3. The molecule has 0 aliphatic carbocycles. The van der Waals surface area contributed by atoms with E-state index in [1.807, 2.05) is 35.9 Å². The molecule has 0 fully saturated rings. The van der Waals surface area contributed by atoms with Gasteiger partial charge in [0.2, 0.25) is 5.78 Å². The predicted octanol–water partition coefficient (Wildman–Crippen LogP) is 1.98. The lowest BCUT2D eigenvalue weighted by Crippen LogP contribution is -2.08. The Morgan fingerprint density at radius 1 is 1.25 bits per heavy atom. The number of carbonyl (C=O) groups is 1. The topological polar surface area (TPSA) is 34.9 Å². The molecule has 0 radical (unpaired) electrons. The summed E-state index contributed by atoms with van der Waals surface area (Å²) < 4.78 is 1.95. The van der Waals surface area contributed by atoms with Crippen LogP contribution in [-0.4, -0.2) is 15.3 Å². The molecule has 0 saturated heterocycles. The molecule has 80 valence electrons. The molecule has 0 saturated carbocycles. The molecule has 3 nitrogen and oxygen atoms in total. The number of rotatable bonds is 0. The zero-order valence-corrected chi connectivity index (χ0v) is 9.10. The van der Waals surface area contributed by atoms with E-state index in [0.717, 1.165) is 17.8 Å². The maximum absolute atomic E-state index is 12.0. The average Bonchev–Trinajstić information content (AvgIpc) is 2.57. The van der Waals surface area contributed by atoms with Crippen molar-refractivity contribution in [2.75, 3.05) is 0 Å². The number of benzene rings is 1. The molecule has 0 unspecified atom stereocenters. The van der Waals surface area contributed by atoms with Crippen molar-refractivity contribution >= 4 is 5.78 Å². The van der Waals surface area contributed by atoms with Gasteiger partial charge in [0.1, 0.15) is 0 Å². The first kappa shape index (κ1) is 9.33. The zero-order chi connectivity index (χ0) is 11.1. The number of aromatic nitrogens is 2. The zero-order valence-electron chi connectivity index (χ0n) is 9.10. The van der Waals surface area contributed by atoms with Crippen LogP contribution in [0.3, 0.4) is 0 Å². The maximum atomic E-state index is 12.0. The van der Waals surface area contributed by atoms with Crippen molar-refractivity contribution in [1.29, 1.82) is 0 Å². The summed E-state index contributed by atoms with van der Waals surface area (Å²) in [6, 6.07) is 8.09. The van der Waals surface area contributed by atoms with Crippen molar-refractivity contribution in [2.24, 2.45) is 0 Å². The number of hydrogen-bond donors (Lipinski definition) is 0. The van der Waals surface area contributed by atoms with Gasteiger partial charge in [-0.05, 0) is 18.1 Å². The van der Waals surface area contributed by atoms with Crippen molar-refractivity contribution in [3.8, 4) is 0 Å². The first-order valence-electron chi connectivity index (χ1n) is 5.38. The molecular formula is C13H12N2O. The lowest BCUT2D eigenvalue weighted by atomic mass is 10.0. The van der Waals surface area contributed by atoms with Crippen molar-refractivity contribution in [3.05, 3.63) is 53.1 Å². The Balaban J connectivity index is 2.17. The quantitative estimate of drug-likeness (QED) is 0.669. The molecular weight excluding hydrogens is 200 g/mol. The van der Waals surface area contributed by atoms with Gasteiger partial charge in [-0.2, -0.15) is 0 Å². The second-order valence-corrected chi connectivity index (χ2v) is 4.20. The summed E-state index contributed by atoms with van der Waals surface area (Å²) in [6.45, 7) is 2.67. The van der Waals surface area contributed by atoms with Crippen LogP contribution < -0.4 is 0 Å². The van der Waals surface area contributed by atoms with Crippen LogP contribution in [0.4, 0.5) is 0 Å². The third kappa shape index (κ3) is 1.36. The Kier molecular flexibility index (Phi) is 1.93. The molecule has 3 heteroatoms. The minimum absolute atomic E-state index is 0.109. The fourth-order valence-electron chi connectivity index (χ4n) is 2.21. The molecule has 0 bridgehead atoms. The summed E-state index contributed by atoms with van der Waals surface area (Å²) in [7, 11) is 0. The highest BCUT2D eigenvalue weighted by atomic mass is 16.1. The lowest BCUT2D eigenvalue weighted by molar-refractivity contribution is 0.0981. The van der Waals surface area contributed by atoms with Crippen molar-refractivity contribution in [3.63, 3.8) is 0 Å². The van der Waals surface area contributed by atoms with Gasteiger partial charge in [0.05, 0.1) is 5.69 Å². The average molecular weight is 212 g/mol. The summed E-state index contributed by atoms with van der Waals surface area (Å²) in [5.41, 5.74) is 3.24. The fourth-order valence-corrected chi connectivity index (χ4v) is 2.21. The highest BCUT2D eigenvalue weighted by Gasteiger charge is 2.20. The molecule has 1 aliphatic rings. The summed E-state index contributed by atoms with van der Waals surface area (Å²) in [5.74, 6) is 0.701. The van der Waals surface area contributed by atoms with Gasteiger partial charge >= 0.3 is 0 Å². The molecule has 2 heterocycles. The van der Waals surface area contributed by atoms with E-state index in [2.05, 4.69) is 11.1 Å². The Hall–Kier alpha value is -1.90. The molecule has 1 aromatic carbocycles. The van der Waals surface area contributed by atoms with Crippen LogP contribution >= 0.6 is 0 Å². The largest absolute Gasteiger partial charge is 0.324 e. The third-order valence-electron chi connectivity index (χ3n) is 2.96. The number of ketones is 1. The Labute approximate surface area is 93.7 Å². The van der Waals surface area contributed by atoms with Gasteiger partial charge in [-0.3, -0.25) is 4.79 Å². The predicted molar refractivity (Wildman–Crippen MR) is 60.5 cm³/mol. The number of nitrogens with zero attached hydrogens (tertiary/aromatic N) is 2. The van der Waals surface area contributed by atoms with E-state index in [-0.39, 0.29) is 5.78 Å². The van der Waals surface area contributed by atoms with E-state index in [4.69, 9.17) is 0 Å². The summed E-state index contributed by atoms with van der Waals surface area (Å²) in [6.07, 6.45) is 2.40. The van der Waals surface area contributed by atoms with Gasteiger partial charge in [-0.15, -0.1) is 0 Å². The molecule has 3 rings (SSSR count). The minimum atomic E-state index is 0.109. The minimum Gasteiger partial charge on any atom is -0.324 e. The van der Waals surface area contributed by atoms with Crippen molar-refractivity contribution in [1.82, 2.24) is 9.55 Å². The van der Waals surface area contributed by atoms with Crippen molar-refractivity contribution < 1.29 is 4.79 Å². The summed E-state index contributed by atoms with van der Waals surface area (Å²) in [4.78, 5) is 16.3. The Morgan fingerprint density at radius 2 is 2.00 bits per heavy atom. The van der Waals surface area contributed by atoms with Crippen molar-refractivity contribution in [2.45, 2.75) is 19.9 Å². The van der Waals surface area contributed by atoms with Gasteiger partial charge < -0.3 is 4.57 Å². The van der Waals surface area contributed by atoms with E-state index in [1.54, 1.807) is 0 Å². The summed E-state index contributed by atoms with van der Waals surface area (Å²) >= 11 is 0. The lowest BCUT2D eigenvalue weighted by Gasteiger charge is -2.04. The van der Waals surface area contributed by atoms with Crippen LogP contribution in [-0.2, 0) is 13.0 Å². The van der Waals surface area contributed by atoms with E-state index >= 15 is 0 Å². The Bertz CT molecular complexity index is 569. The van der Waals surface area contributed by atoms with Crippen LogP contribution in [0.1, 0.15) is 27.4 Å². The second-order valence-electron chi connectivity index (χ2n) is 4.20. The maximum Gasteiger partial charge on any atom is 0.202 e. The van der Waals surface area contributed by atoms with E-state index < -0.39 is 0 Å². The highest BCUT2D eigenvalue weighted by molar-refractivity contribution is 5.95. The first-order valence-corrected chi connectivity index (χ1v) is 5.38. The number of fused-ring (bicyclic) bond motifs is 2. The Morgan fingerprint density at radius 3 is 2.81 bits per heavy atom. The molecule has 0 amide bonds. The van der Waals surface area contributed by atoms with Crippen LogP contribution in [0.5, 0.6) is 0 Å². The van der Waals surface area contributed by atoms with Crippen LogP contribution in [0.15, 0.2) is 30.5 Å². The van der Waals surface area contributed by atoms with Gasteiger partial charge in [0.25, 0.3) is 0 Å². The van der Waals surface area contributed by atoms with Crippen LogP contribution in [0.25, 0.3) is 0 Å². The first-order chi connectivity index (χ1) is 7.74. The van der Waals surface area contributed by atoms with E-state index in [9.17, 15) is 4.79 Å². The number of carbonyl (C=O) groups excluding carboxylic acids is 1. The fraction of sp³-hybridized carbons (Fsp3) is 0.231. The monoisotopic (exact) mass is 212 g/mol. The number of Topliss-reactive ketones (excluding diaryl/α,β-unsaturated/α-hetero) is 1. The SMILES string of the molecule is Cc1cn2c(n1)C(=O)Cc1ccccc1C2. The molecule has 16 heavy (non-hydrogen) atoms. The number of imidazole rings is 1. The smallest absolute Gasteiger partial charge is 0.202 e. The van der Waals surface area contributed by atoms with Gasteiger partial charge in [-0.1, -0.05) is 24.3 Å². The molecule has 0 atom stereocenters. The molecule has 1 aromatic heterocycles. The van der Waals surface area contributed by atoms with Crippen LogP contribution in [0.2, 0.25) is 0 Å². The normalized spacial score (nSPS) is 14.2. The third-order valence-corrected chi connectivity index (χ3v) is 2.96. The van der Waals surface area contributed by atoms with E-state index in [1.165, 1.54) is 5.56 Å². The molecule has 1 aliphatic heterocycles. The summed E-state index contributed by atoms with van der Waals surface area (Å²) in [5, 5.41) is 0. The van der Waals surface area contributed by atoms with Gasteiger partial charge in [0, 0.05) is 19.2 Å². The van der Waals surface area contributed by atoms with Crippen LogP contribution in [0, 0.1) is 6.92 Å². The number of hydrogen-bond acceptors (Lipinski definition) is 2. The van der Waals surface area contributed by atoms with Gasteiger partial charge in [-0.25, -0.2) is 4.98 Å². The van der Waals surface area contributed by atoms with E-state index in [0.29, 0.717) is 12.2 Å².